The molecular weight excluding hydrogens is 377 g/mol. The molecule has 6 nitrogen and oxygen atoms in total. The molecule has 2 amide bonds. The second-order valence-electron chi connectivity index (χ2n) is 5.74. The summed E-state index contributed by atoms with van der Waals surface area (Å²) in [5, 5.41) is 2.32. The quantitative estimate of drug-likeness (QED) is 0.788. The number of carbonyl (C=O) groups excluding carboxylic acids is 3. The minimum atomic E-state index is -4.55. The molecule has 0 fully saturated rings. The van der Waals surface area contributed by atoms with Gasteiger partial charge in [-0.25, -0.2) is 4.79 Å². The van der Waals surface area contributed by atoms with Crippen molar-refractivity contribution in [3.8, 4) is 0 Å². The van der Waals surface area contributed by atoms with Crippen LogP contribution in [0.5, 0.6) is 0 Å². The van der Waals surface area contributed by atoms with Gasteiger partial charge in [-0.3, -0.25) is 9.59 Å². The van der Waals surface area contributed by atoms with Gasteiger partial charge in [-0.2, -0.15) is 13.2 Å². The molecule has 0 atom stereocenters. The van der Waals surface area contributed by atoms with Gasteiger partial charge in [-0.1, -0.05) is 18.2 Å². The average Bonchev–Trinajstić information content (AvgIpc) is 2.65. The number of amides is 2. The first-order valence-corrected chi connectivity index (χ1v) is 8.06. The molecule has 0 saturated heterocycles. The van der Waals surface area contributed by atoms with Gasteiger partial charge in [0.15, 0.2) is 0 Å². The minimum Gasteiger partial charge on any atom is -0.465 e. The summed E-state index contributed by atoms with van der Waals surface area (Å²) in [6, 6.07) is 10.2. The Morgan fingerprint density at radius 2 is 1.75 bits per heavy atom. The first-order chi connectivity index (χ1) is 13.1. The maximum absolute atomic E-state index is 12.8. The van der Waals surface area contributed by atoms with E-state index in [1.165, 1.54) is 32.2 Å². The molecule has 148 valence electrons. The SMILES string of the molecule is COC(=O)c1ccccc1N(CC(=O)Nc1cccc(C(F)(F)F)c1)C(C)=O. The van der Waals surface area contributed by atoms with Gasteiger partial charge in [0.1, 0.15) is 6.54 Å². The Bertz CT molecular complexity index is 897. The summed E-state index contributed by atoms with van der Waals surface area (Å²) < 4.78 is 43.0. The third kappa shape index (κ3) is 5.09. The summed E-state index contributed by atoms with van der Waals surface area (Å²) in [5.41, 5.74) is -0.748. The van der Waals surface area contributed by atoms with Crippen LogP contribution in [0.25, 0.3) is 0 Å². The van der Waals surface area contributed by atoms with Crippen LogP contribution in [-0.4, -0.2) is 31.4 Å². The molecule has 0 aromatic heterocycles. The number of anilines is 2. The number of hydrogen-bond donors (Lipinski definition) is 1. The molecule has 0 unspecified atom stereocenters. The lowest BCUT2D eigenvalue weighted by molar-refractivity contribution is -0.137. The maximum atomic E-state index is 12.8. The monoisotopic (exact) mass is 394 g/mol. The molecule has 0 aliphatic rings. The van der Waals surface area contributed by atoms with Crippen LogP contribution in [0.2, 0.25) is 0 Å². The molecular formula is C19H17F3N2O4. The number of carbonyl (C=O) groups is 3. The summed E-state index contributed by atoms with van der Waals surface area (Å²) >= 11 is 0. The van der Waals surface area contributed by atoms with Crippen molar-refractivity contribution >= 4 is 29.2 Å². The van der Waals surface area contributed by atoms with Crippen molar-refractivity contribution < 1.29 is 32.3 Å². The molecule has 0 aliphatic carbocycles. The van der Waals surface area contributed by atoms with Crippen molar-refractivity contribution in [1.82, 2.24) is 0 Å². The summed E-state index contributed by atoms with van der Waals surface area (Å²) in [6.07, 6.45) is -4.55. The maximum Gasteiger partial charge on any atom is 0.416 e. The molecule has 2 aromatic rings. The second kappa shape index (κ2) is 8.55. The smallest absolute Gasteiger partial charge is 0.416 e. The lowest BCUT2D eigenvalue weighted by atomic mass is 10.1. The first kappa shape index (κ1) is 20.9. The predicted molar refractivity (Wildman–Crippen MR) is 95.9 cm³/mol. The van der Waals surface area contributed by atoms with Crippen LogP contribution in [0.3, 0.4) is 0 Å². The zero-order valence-corrected chi connectivity index (χ0v) is 15.0. The highest BCUT2D eigenvalue weighted by Crippen LogP contribution is 2.30. The van der Waals surface area contributed by atoms with Crippen molar-refractivity contribution in [2.75, 3.05) is 23.9 Å². The van der Waals surface area contributed by atoms with Crippen molar-refractivity contribution in [2.45, 2.75) is 13.1 Å². The third-order valence-corrected chi connectivity index (χ3v) is 3.76. The first-order valence-electron chi connectivity index (χ1n) is 8.06. The van der Waals surface area contributed by atoms with Crippen LogP contribution < -0.4 is 10.2 Å². The summed E-state index contributed by atoms with van der Waals surface area (Å²) in [4.78, 5) is 37.3. The Morgan fingerprint density at radius 3 is 2.36 bits per heavy atom. The fourth-order valence-electron chi connectivity index (χ4n) is 2.48. The number of halogens is 3. The molecule has 1 N–H and O–H groups in total. The van der Waals surface area contributed by atoms with Crippen LogP contribution in [0.4, 0.5) is 24.5 Å². The fourth-order valence-corrected chi connectivity index (χ4v) is 2.48. The minimum absolute atomic E-state index is 0.0652. The molecule has 2 aromatic carbocycles. The van der Waals surface area contributed by atoms with Crippen molar-refractivity contribution in [1.29, 1.82) is 0 Å². The van der Waals surface area contributed by atoms with Crippen LogP contribution in [0.15, 0.2) is 48.5 Å². The normalized spacial score (nSPS) is 10.9. The Labute approximate surface area is 158 Å². The van der Waals surface area contributed by atoms with Gasteiger partial charge < -0.3 is 15.0 Å². The van der Waals surface area contributed by atoms with E-state index in [0.29, 0.717) is 0 Å². The molecule has 2 rings (SSSR count). The van der Waals surface area contributed by atoms with Gasteiger partial charge in [0.05, 0.1) is 23.9 Å². The highest BCUT2D eigenvalue weighted by atomic mass is 19.4. The third-order valence-electron chi connectivity index (χ3n) is 3.76. The average molecular weight is 394 g/mol. The molecule has 0 bridgehead atoms. The fraction of sp³-hybridized carbons (Fsp3) is 0.211. The molecule has 0 radical (unpaired) electrons. The summed E-state index contributed by atoms with van der Waals surface area (Å²) in [7, 11) is 1.18. The largest absolute Gasteiger partial charge is 0.465 e. The van der Waals surface area contributed by atoms with Gasteiger partial charge in [0, 0.05) is 12.6 Å². The topological polar surface area (TPSA) is 75.7 Å². The predicted octanol–water partition coefficient (Wildman–Crippen LogP) is 3.48. The van der Waals surface area contributed by atoms with E-state index < -0.39 is 36.1 Å². The summed E-state index contributed by atoms with van der Waals surface area (Å²) in [5.74, 6) is -1.95. The lowest BCUT2D eigenvalue weighted by Crippen LogP contribution is -2.37. The number of para-hydroxylation sites is 1. The van der Waals surface area contributed by atoms with E-state index >= 15 is 0 Å². The standard InChI is InChI=1S/C19H17F3N2O4/c1-12(25)24(16-9-4-3-8-15(16)18(27)28-2)11-17(26)23-14-7-5-6-13(10-14)19(20,21)22/h3-10H,11H2,1-2H3,(H,23,26). The van der Waals surface area contributed by atoms with Gasteiger partial charge in [0.2, 0.25) is 11.8 Å². The number of nitrogens with zero attached hydrogens (tertiary/aromatic N) is 1. The number of ether oxygens (including phenoxy) is 1. The van der Waals surface area contributed by atoms with E-state index in [0.717, 1.165) is 23.1 Å². The van der Waals surface area contributed by atoms with Crippen molar-refractivity contribution in [3.63, 3.8) is 0 Å². The number of rotatable bonds is 5. The van der Waals surface area contributed by atoms with Gasteiger partial charge in [-0.05, 0) is 30.3 Å². The number of nitrogens with one attached hydrogen (secondary N) is 1. The van der Waals surface area contributed by atoms with Gasteiger partial charge in [-0.15, -0.1) is 0 Å². The second-order valence-corrected chi connectivity index (χ2v) is 5.74. The molecule has 0 heterocycles. The molecule has 9 heteroatoms. The highest BCUT2D eigenvalue weighted by molar-refractivity contribution is 6.06. The Hall–Kier alpha value is -3.36. The number of hydrogen-bond acceptors (Lipinski definition) is 4. The molecule has 0 aliphatic heterocycles. The van der Waals surface area contributed by atoms with Crippen molar-refractivity contribution in [2.24, 2.45) is 0 Å². The van der Waals surface area contributed by atoms with Gasteiger partial charge >= 0.3 is 12.1 Å². The van der Waals surface area contributed by atoms with Crippen LogP contribution in [0, 0.1) is 0 Å². The lowest BCUT2D eigenvalue weighted by Gasteiger charge is -2.22. The molecule has 28 heavy (non-hydrogen) atoms. The van der Waals surface area contributed by atoms with Crippen LogP contribution >= 0.6 is 0 Å². The van der Waals surface area contributed by atoms with Crippen LogP contribution in [0.1, 0.15) is 22.8 Å². The number of benzene rings is 2. The van der Waals surface area contributed by atoms with E-state index in [-0.39, 0.29) is 16.9 Å². The number of methoxy groups -OCH3 is 1. The van der Waals surface area contributed by atoms with Crippen molar-refractivity contribution in [3.05, 3.63) is 59.7 Å². The number of esters is 1. The molecule has 0 saturated carbocycles. The van der Waals surface area contributed by atoms with E-state index in [4.69, 9.17) is 0 Å². The molecule has 0 spiro atoms. The zero-order chi connectivity index (χ0) is 20.9. The number of alkyl halides is 3. The Balaban J connectivity index is 2.24. The zero-order valence-electron chi connectivity index (χ0n) is 15.0. The van der Waals surface area contributed by atoms with Crippen LogP contribution in [-0.2, 0) is 20.5 Å². The Morgan fingerprint density at radius 1 is 1.07 bits per heavy atom. The van der Waals surface area contributed by atoms with Gasteiger partial charge in [0.25, 0.3) is 0 Å². The Kier molecular flexibility index (Phi) is 6.40. The van der Waals surface area contributed by atoms with E-state index in [1.54, 1.807) is 12.1 Å². The highest BCUT2D eigenvalue weighted by Gasteiger charge is 2.30. The van der Waals surface area contributed by atoms with E-state index in [9.17, 15) is 27.6 Å². The van der Waals surface area contributed by atoms with E-state index in [2.05, 4.69) is 10.1 Å². The van der Waals surface area contributed by atoms with E-state index in [1.807, 2.05) is 0 Å². The summed E-state index contributed by atoms with van der Waals surface area (Å²) in [6.45, 7) is 0.700.